The van der Waals surface area contributed by atoms with Gasteiger partial charge in [-0.05, 0) is 54.1 Å². The number of aliphatic imine (C=N–C) groups is 1. The Hall–Kier alpha value is -3.73. The molecule has 0 aliphatic rings. The van der Waals surface area contributed by atoms with Crippen LogP contribution in [-0.4, -0.2) is 6.21 Å². The van der Waals surface area contributed by atoms with Crippen LogP contribution in [0.25, 0.3) is 11.0 Å². The number of nitrogens with zero attached hydrogens (tertiary/aromatic N) is 1. The minimum Gasteiger partial charge on any atom is -0.456 e. The monoisotopic (exact) mass is 359 g/mol. The van der Waals surface area contributed by atoms with E-state index in [1.807, 2.05) is 12.1 Å². The molecule has 3 aromatic carbocycles. The minimum atomic E-state index is -0.468. The van der Waals surface area contributed by atoms with Crippen LogP contribution in [0.15, 0.2) is 93.1 Å². The molecule has 5 heteroatoms. The third kappa shape index (κ3) is 3.93. The van der Waals surface area contributed by atoms with Crippen molar-refractivity contribution in [1.82, 2.24) is 0 Å². The number of ether oxygens (including phenoxy) is 1. The van der Waals surface area contributed by atoms with E-state index in [1.165, 1.54) is 18.2 Å². The molecule has 0 saturated heterocycles. The lowest BCUT2D eigenvalue weighted by Gasteiger charge is -2.08. The van der Waals surface area contributed by atoms with Gasteiger partial charge in [0.05, 0.1) is 17.1 Å². The van der Waals surface area contributed by atoms with Crippen LogP contribution < -0.4 is 10.4 Å². The Labute approximate surface area is 154 Å². The number of rotatable bonds is 4. The average molecular weight is 359 g/mol. The van der Waals surface area contributed by atoms with Crippen LogP contribution in [0.2, 0.25) is 0 Å². The first-order chi connectivity index (χ1) is 13.2. The molecule has 132 valence electrons. The Bertz CT molecular complexity index is 1160. The second-order valence-corrected chi connectivity index (χ2v) is 5.83. The fourth-order valence-electron chi connectivity index (χ4n) is 2.59. The maximum atomic E-state index is 12.9. The van der Waals surface area contributed by atoms with Crippen molar-refractivity contribution < 1.29 is 13.5 Å². The van der Waals surface area contributed by atoms with Gasteiger partial charge >= 0.3 is 5.63 Å². The van der Waals surface area contributed by atoms with Crippen molar-refractivity contribution in [3.63, 3.8) is 0 Å². The van der Waals surface area contributed by atoms with Gasteiger partial charge in [-0.25, -0.2) is 9.18 Å². The van der Waals surface area contributed by atoms with Crippen LogP contribution in [-0.2, 0) is 0 Å². The van der Waals surface area contributed by atoms with Crippen molar-refractivity contribution in [1.29, 1.82) is 0 Å². The SMILES string of the molecule is O=c1cc(Oc2ccc(N=Cc3ccc(F)cc3)cc2)c2ccccc2o1. The molecule has 4 aromatic rings. The summed E-state index contributed by atoms with van der Waals surface area (Å²) in [6.07, 6.45) is 1.66. The first-order valence-corrected chi connectivity index (χ1v) is 8.28. The highest BCUT2D eigenvalue weighted by molar-refractivity contribution is 5.83. The topological polar surface area (TPSA) is 51.8 Å². The molecule has 0 saturated carbocycles. The van der Waals surface area contributed by atoms with E-state index < -0.39 is 5.63 Å². The Morgan fingerprint density at radius 3 is 2.44 bits per heavy atom. The number of benzene rings is 3. The molecule has 1 heterocycles. The molecule has 0 bridgehead atoms. The second-order valence-electron chi connectivity index (χ2n) is 5.83. The summed E-state index contributed by atoms with van der Waals surface area (Å²) in [6, 6.07) is 21.7. The lowest BCUT2D eigenvalue weighted by Crippen LogP contribution is -1.98. The molecular formula is C22H14FNO3. The summed E-state index contributed by atoms with van der Waals surface area (Å²) in [5.41, 5.74) is 1.54. The van der Waals surface area contributed by atoms with Crippen molar-refractivity contribution in [2.24, 2.45) is 4.99 Å². The first kappa shape index (κ1) is 16.7. The van der Waals surface area contributed by atoms with Gasteiger partial charge in [-0.2, -0.15) is 0 Å². The van der Waals surface area contributed by atoms with Crippen LogP contribution >= 0.6 is 0 Å². The standard InChI is InChI=1S/C22H14FNO3/c23-16-7-5-15(6-8-16)14-24-17-9-11-18(12-10-17)26-21-13-22(25)27-20-4-2-1-3-19(20)21/h1-14H. The molecule has 0 amide bonds. The zero-order valence-electron chi connectivity index (χ0n) is 14.1. The van der Waals surface area contributed by atoms with E-state index in [0.717, 1.165) is 16.6 Å². The predicted molar refractivity (Wildman–Crippen MR) is 103 cm³/mol. The van der Waals surface area contributed by atoms with Crippen LogP contribution in [0.3, 0.4) is 0 Å². The summed E-state index contributed by atoms with van der Waals surface area (Å²) >= 11 is 0. The zero-order valence-corrected chi connectivity index (χ0v) is 14.1. The highest BCUT2D eigenvalue weighted by atomic mass is 19.1. The van der Waals surface area contributed by atoms with Gasteiger partial charge in [0.25, 0.3) is 0 Å². The van der Waals surface area contributed by atoms with E-state index in [-0.39, 0.29) is 5.82 Å². The molecule has 0 spiro atoms. The summed E-state index contributed by atoms with van der Waals surface area (Å²) in [5.74, 6) is 0.729. The summed E-state index contributed by atoms with van der Waals surface area (Å²) in [6.45, 7) is 0. The van der Waals surface area contributed by atoms with E-state index in [1.54, 1.807) is 54.7 Å². The summed E-state index contributed by atoms with van der Waals surface area (Å²) in [4.78, 5) is 16.1. The van der Waals surface area contributed by atoms with Gasteiger partial charge in [0, 0.05) is 6.21 Å². The van der Waals surface area contributed by atoms with Crippen molar-refractivity contribution >= 4 is 22.9 Å². The van der Waals surface area contributed by atoms with E-state index in [9.17, 15) is 9.18 Å². The molecular weight excluding hydrogens is 345 g/mol. The van der Waals surface area contributed by atoms with Crippen LogP contribution in [0.4, 0.5) is 10.1 Å². The van der Waals surface area contributed by atoms with Gasteiger partial charge in [-0.1, -0.05) is 24.3 Å². The smallest absolute Gasteiger partial charge is 0.339 e. The summed E-state index contributed by atoms with van der Waals surface area (Å²) in [7, 11) is 0. The fourth-order valence-corrected chi connectivity index (χ4v) is 2.59. The van der Waals surface area contributed by atoms with Crippen LogP contribution in [0, 0.1) is 5.82 Å². The van der Waals surface area contributed by atoms with Crippen molar-refractivity contribution in [2.75, 3.05) is 0 Å². The molecule has 0 aliphatic heterocycles. The molecule has 27 heavy (non-hydrogen) atoms. The molecule has 0 unspecified atom stereocenters. The molecule has 1 aromatic heterocycles. The fraction of sp³-hybridized carbons (Fsp3) is 0. The normalized spacial score (nSPS) is 11.1. The van der Waals surface area contributed by atoms with E-state index in [0.29, 0.717) is 17.1 Å². The molecule has 0 radical (unpaired) electrons. The van der Waals surface area contributed by atoms with Crippen molar-refractivity contribution in [3.8, 4) is 11.5 Å². The quantitative estimate of drug-likeness (QED) is 0.358. The first-order valence-electron chi connectivity index (χ1n) is 8.28. The number of hydrogen-bond acceptors (Lipinski definition) is 4. The second kappa shape index (κ2) is 7.25. The Morgan fingerprint density at radius 2 is 1.67 bits per heavy atom. The van der Waals surface area contributed by atoms with Gasteiger partial charge < -0.3 is 9.15 Å². The maximum absolute atomic E-state index is 12.9. The highest BCUT2D eigenvalue weighted by Crippen LogP contribution is 2.29. The number of fused-ring (bicyclic) bond motifs is 1. The number of hydrogen-bond donors (Lipinski definition) is 0. The van der Waals surface area contributed by atoms with Crippen molar-refractivity contribution in [3.05, 3.63) is 101 Å². The Balaban J connectivity index is 1.55. The Morgan fingerprint density at radius 1 is 0.926 bits per heavy atom. The number of para-hydroxylation sites is 1. The molecule has 0 fully saturated rings. The van der Waals surface area contributed by atoms with Gasteiger partial charge in [0.2, 0.25) is 0 Å². The van der Waals surface area contributed by atoms with Gasteiger partial charge in [0.15, 0.2) is 0 Å². The maximum Gasteiger partial charge on any atom is 0.339 e. The van der Waals surface area contributed by atoms with E-state index >= 15 is 0 Å². The molecule has 0 aliphatic carbocycles. The number of halogens is 1. The molecule has 0 N–H and O–H groups in total. The minimum absolute atomic E-state index is 0.281. The van der Waals surface area contributed by atoms with Crippen LogP contribution in [0.1, 0.15) is 5.56 Å². The van der Waals surface area contributed by atoms with Gasteiger partial charge in [-0.15, -0.1) is 0 Å². The molecule has 4 rings (SSSR count). The van der Waals surface area contributed by atoms with Crippen LogP contribution in [0.5, 0.6) is 11.5 Å². The largest absolute Gasteiger partial charge is 0.456 e. The zero-order chi connectivity index (χ0) is 18.6. The summed E-state index contributed by atoms with van der Waals surface area (Å²) < 4.78 is 23.9. The highest BCUT2D eigenvalue weighted by Gasteiger charge is 2.07. The van der Waals surface area contributed by atoms with E-state index in [2.05, 4.69) is 4.99 Å². The third-order valence-corrected chi connectivity index (χ3v) is 3.91. The third-order valence-electron chi connectivity index (χ3n) is 3.91. The van der Waals surface area contributed by atoms with Gasteiger partial charge in [0.1, 0.15) is 22.9 Å². The summed E-state index contributed by atoms with van der Waals surface area (Å²) in [5, 5.41) is 0.718. The lowest BCUT2D eigenvalue weighted by atomic mass is 10.2. The molecule has 0 atom stereocenters. The Kier molecular flexibility index (Phi) is 4.49. The van der Waals surface area contributed by atoms with Gasteiger partial charge in [-0.3, -0.25) is 4.99 Å². The predicted octanol–water partition coefficient (Wildman–Crippen LogP) is 5.48. The van der Waals surface area contributed by atoms with E-state index in [4.69, 9.17) is 9.15 Å². The molecule has 4 nitrogen and oxygen atoms in total. The lowest BCUT2D eigenvalue weighted by molar-refractivity contribution is 0.475. The average Bonchev–Trinajstić information content (AvgIpc) is 2.68. The van der Waals surface area contributed by atoms with Crippen molar-refractivity contribution in [2.45, 2.75) is 0 Å².